The van der Waals surface area contributed by atoms with Crippen molar-refractivity contribution in [2.45, 2.75) is 18.4 Å². The summed E-state index contributed by atoms with van der Waals surface area (Å²) in [6, 6.07) is 1.84. The van der Waals surface area contributed by atoms with Gasteiger partial charge in [-0.15, -0.1) is 24.8 Å². The van der Waals surface area contributed by atoms with E-state index in [2.05, 4.69) is 15.3 Å². The number of aromatic nitrogens is 2. The van der Waals surface area contributed by atoms with Crippen molar-refractivity contribution >= 4 is 24.8 Å². The van der Waals surface area contributed by atoms with E-state index in [0.29, 0.717) is 0 Å². The Bertz CT molecular complexity index is 249. The monoisotopic (exact) mass is 221 g/mol. The molecular formula is C8H13Cl2N3. The molecule has 1 aromatic heterocycles. The van der Waals surface area contributed by atoms with E-state index in [9.17, 15) is 0 Å². The van der Waals surface area contributed by atoms with E-state index in [-0.39, 0.29) is 30.4 Å². The van der Waals surface area contributed by atoms with Gasteiger partial charge in [0, 0.05) is 12.4 Å². The molecule has 0 saturated heterocycles. The highest BCUT2D eigenvalue weighted by Gasteiger charge is 2.45. The van der Waals surface area contributed by atoms with Crippen molar-refractivity contribution in [1.82, 2.24) is 15.3 Å². The average molecular weight is 222 g/mol. The molecule has 0 amide bonds. The summed E-state index contributed by atoms with van der Waals surface area (Å²) < 4.78 is 0. The third kappa shape index (κ3) is 2.30. The maximum Gasteiger partial charge on any atom is 0.148 e. The van der Waals surface area contributed by atoms with Gasteiger partial charge < -0.3 is 5.32 Å². The van der Waals surface area contributed by atoms with E-state index in [0.717, 1.165) is 18.7 Å². The highest BCUT2D eigenvalue weighted by atomic mass is 35.5. The predicted molar refractivity (Wildman–Crippen MR) is 56.5 cm³/mol. The molecule has 1 saturated carbocycles. The van der Waals surface area contributed by atoms with Gasteiger partial charge in [0.25, 0.3) is 0 Å². The fourth-order valence-electron chi connectivity index (χ4n) is 1.26. The van der Waals surface area contributed by atoms with Gasteiger partial charge in [0.05, 0.1) is 5.54 Å². The highest BCUT2D eigenvalue weighted by Crippen LogP contribution is 2.42. The first-order chi connectivity index (χ1) is 5.37. The Balaban J connectivity index is 0.000000720. The van der Waals surface area contributed by atoms with Gasteiger partial charge in [0.2, 0.25) is 0 Å². The van der Waals surface area contributed by atoms with Crippen LogP contribution in [0.15, 0.2) is 18.5 Å². The second kappa shape index (κ2) is 4.74. The summed E-state index contributed by atoms with van der Waals surface area (Å²) in [7, 11) is 1.96. The number of hydrogen-bond donors (Lipinski definition) is 1. The molecule has 74 valence electrons. The molecule has 0 radical (unpaired) electrons. The van der Waals surface area contributed by atoms with Gasteiger partial charge in [-0.25, -0.2) is 9.97 Å². The van der Waals surface area contributed by atoms with Gasteiger partial charge in [0.1, 0.15) is 5.82 Å². The summed E-state index contributed by atoms with van der Waals surface area (Å²) in [6.07, 6.45) is 5.90. The first-order valence-electron chi connectivity index (χ1n) is 3.84. The number of halogens is 2. The van der Waals surface area contributed by atoms with Crippen LogP contribution in [0.3, 0.4) is 0 Å². The predicted octanol–water partition coefficient (Wildman–Crippen LogP) is 1.53. The van der Waals surface area contributed by atoms with Gasteiger partial charge in [-0.05, 0) is 26.0 Å². The topological polar surface area (TPSA) is 37.8 Å². The van der Waals surface area contributed by atoms with Crippen molar-refractivity contribution in [2.75, 3.05) is 7.05 Å². The molecule has 1 N–H and O–H groups in total. The second-order valence-corrected chi connectivity index (χ2v) is 2.90. The SMILES string of the molecule is CNC1(c2ncccn2)CC1.Cl.Cl. The fourth-order valence-corrected chi connectivity index (χ4v) is 1.26. The minimum absolute atomic E-state index is 0. The summed E-state index contributed by atoms with van der Waals surface area (Å²) in [5.74, 6) is 0.933. The molecule has 0 spiro atoms. The van der Waals surface area contributed by atoms with Crippen LogP contribution in [0.1, 0.15) is 18.7 Å². The van der Waals surface area contributed by atoms with Crippen molar-refractivity contribution in [2.24, 2.45) is 0 Å². The lowest BCUT2D eigenvalue weighted by atomic mass is 10.2. The van der Waals surface area contributed by atoms with Crippen LogP contribution in [-0.2, 0) is 5.54 Å². The van der Waals surface area contributed by atoms with Crippen molar-refractivity contribution in [3.63, 3.8) is 0 Å². The molecule has 1 aliphatic carbocycles. The van der Waals surface area contributed by atoms with Crippen LogP contribution in [0.5, 0.6) is 0 Å². The molecule has 1 aliphatic rings. The fraction of sp³-hybridized carbons (Fsp3) is 0.500. The third-order valence-corrected chi connectivity index (χ3v) is 2.22. The van der Waals surface area contributed by atoms with Crippen molar-refractivity contribution in [3.05, 3.63) is 24.3 Å². The average Bonchev–Trinajstić information content (AvgIpc) is 2.86. The van der Waals surface area contributed by atoms with Gasteiger partial charge in [0.15, 0.2) is 0 Å². The standard InChI is InChI=1S/C8H11N3.2ClH/c1-9-8(3-4-8)7-10-5-2-6-11-7;;/h2,5-6,9H,3-4H2,1H3;2*1H. The van der Waals surface area contributed by atoms with E-state index in [1.165, 1.54) is 0 Å². The van der Waals surface area contributed by atoms with Gasteiger partial charge >= 0.3 is 0 Å². The molecule has 1 heterocycles. The third-order valence-electron chi connectivity index (χ3n) is 2.22. The molecule has 1 aromatic rings. The van der Waals surface area contributed by atoms with Crippen molar-refractivity contribution in [3.8, 4) is 0 Å². The zero-order valence-electron chi connectivity index (χ0n) is 7.36. The Kier molecular flexibility index (Phi) is 4.61. The number of nitrogens with one attached hydrogen (secondary N) is 1. The molecular weight excluding hydrogens is 209 g/mol. The van der Waals surface area contributed by atoms with Gasteiger partial charge in [-0.3, -0.25) is 0 Å². The molecule has 0 bridgehead atoms. The normalized spacial score (nSPS) is 16.7. The van der Waals surface area contributed by atoms with Crippen LogP contribution in [0, 0.1) is 0 Å². The summed E-state index contributed by atoms with van der Waals surface area (Å²) in [5, 5.41) is 3.24. The van der Waals surface area contributed by atoms with E-state index in [1.54, 1.807) is 12.4 Å². The minimum Gasteiger partial charge on any atom is -0.308 e. The Hall–Kier alpha value is -0.380. The zero-order chi connectivity index (χ0) is 7.73. The van der Waals surface area contributed by atoms with Crippen LogP contribution in [-0.4, -0.2) is 17.0 Å². The van der Waals surface area contributed by atoms with Crippen molar-refractivity contribution in [1.29, 1.82) is 0 Å². The number of nitrogens with zero attached hydrogens (tertiary/aromatic N) is 2. The lowest BCUT2D eigenvalue weighted by Gasteiger charge is -2.10. The van der Waals surface area contributed by atoms with Crippen LogP contribution in [0.25, 0.3) is 0 Å². The Morgan fingerprint density at radius 2 is 1.77 bits per heavy atom. The zero-order valence-corrected chi connectivity index (χ0v) is 8.99. The number of rotatable bonds is 2. The van der Waals surface area contributed by atoms with Gasteiger partial charge in [-0.2, -0.15) is 0 Å². The number of hydrogen-bond acceptors (Lipinski definition) is 3. The molecule has 0 atom stereocenters. The van der Waals surface area contributed by atoms with E-state index in [1.807, 2.05) is 13.1 Å². The molecule has 0 unspecified atom stereocenters. The highest BCUT2D eigenvalue weighted by molar-refractivity contribution is 5.85. The van der Waals surface area contributed by atoms with E-state index < -0.39 is 0 Å². The first kappa shape index (κ1) is 12.6. The van der Waals surface area contributed by atoms with Crippen LogP contribution in [0.4, 0.5) is 0 Å². The van der Waals surface area contributed by atoms with E-state index >= 15 is 0 Å². The summed E-state index contributed by atoms with van der Waals surface area (Å²) in [4.78, 5) is 8.42. The van der Waals surface area contributed by atoms with Crippen LogP contribution in [0.2, 0.25) is 0 Å². The summed E-state index contributed by atoms with van der Waals surface area (Å²) >= 11 is 0. The first-order valence-corrected chi connectivity index (χ1v) is 3.84. The second-order valence-electron chi connectivity index (χ2n) is 2.90. The molecule has 1 fully saturated rings. The maximum atomic E-state index is 4.21. The maximum absolute atomic E-state index is 4.21. The Morgan fingerprint density at radius 1 is 1.23 bits per heavy atom. The molecule has 5 heteroatoms. The Morgan fingerprint density at radius 3 is 2.15 bits per heavy atom. The molecule has 13 heavy (non-hydrogen) atoms. The lowest BCUT2D eigenvalue weighted by Crippen LogP contribution is -2.26. The Labute approximate surface area is 90.2 Å². The van der Waals surface area contributed by atoms with Gasteiger partial charge in [-0.1, -0.05) is 0 Å². The summed E-state index contributed by atoms with van der Waals surface area (Å²) in [5.41, 5.74) is 0.112. The lowest BCUT2D eigenvalue weighted by molar-refractivity contribution is 0.547. The minimum atomic E-state index is 0. The molecule has 2 rings (SSSR count). The van der Waals surface area contributed by atoms with Crippen molar-refractivity contribution < 1.29 is 0 Å². The largest absolute Gasteiger partial charge is 0.308 e. The van der Waals surface area contributed by atoms with E-state index in [4.69, 9.17) is 0 Å². The molecule has 0 aromatic carbocycles. The smallest absolute Gasteiger partial charge is 0.148 e. The summed E-state index contributed by atoms with van der Waals surface area (Å²) in [6.45, 7) is 0. The molecule has 3 nitrogen and oxygen atoms in total. The quantitative estimate of drug-likeness (QED) is 0.824. The molecule has 0 aliphatic heterocycles. The van der Waals surface area contributed by atoms with Crippen LogP contribution >= 0.6 is 24.8 Å². The van der Waals surface area contributed by atoms with Crippen LogP contribution < -0.4 is 5.32 Å².